The second-order valence-electron chi connectivity index (χ2n) is 7.35. The summed E-state index contributed by atoms with van der Waals surface area (Å²) in [5.74, 6) is -0.0712. The third-order valence-electron chi connectivity index (χ3n) is 4.75. The Kier molecular flexibility index (Phi) is 20.6. The Balaban J connectivity index is 3.24. The molecule has 0 aromatic carbocycles. The quantitative estimate of drug-likeness (QED) is 0.133. The van der Waals surface area contributed by atoms with E-state index in [1.807, 2.05) is 6.08 Å². The molecular formula is C23H44O2. The summed E-state index contributed by atoms with van der Waals surface area (Å²) in [5, 5.41) is 0. The molecule has 0 N–H and O–H groups in total. The van der Waals surface area contributed by atoms with E-state index in [-0.39, 0.29) is 5.97 Å². The lowest BCUT2D eigenvalue weighted by molar-refractivity contribution is -0.138. The minimum absolute atomic E-state index is 0.0712. The first-order valence-corrected chi connectivity index (χ1v) is 11.2. The van der Waals surface area contributed by atoms with Crippen molar-refractivity contribution in [1.82, 2.24) is 0 Å². The van der Waals surface area contributed by atoms with E-state index in [1.54, 1.807) is 6.26 Å². The zero-order valence-electron chi connectivity index (χ0n) is 17.2. The van der Waals surface area contributed by atoms with Gasteiger partial charge in [-0.1, -0.05) is 104 Å². The summed E-state index contributed by atoms with van der Waals surface area (Å²) < 4.78 is 5.15. The highest BCUT2D eigenvalue weighted by Crippen LogP contribution is 2.11. The van der Waals surface area contributed by atoms with E-state index >= 15 is 0 Å². The van der Waals surface area contributed by atoms with Gasteiger partial charge in [0.25, 0.3) is 0 Å². The first-order valence-electron chi connectivity index (χ1n) is 11.2. The van der Waals surface area contributed by atoms with Gasteiger partial charge in [-0.05, 0) is 25.3 Å². The van der Waals surface area contributed by atoms with Gasteiger partial charge in [0.15, 0.2) is 0 Å². The SMILES string of the molecule is CCCCCCCCCCC=COC(=O)CCCCCCCCCC. The minimum Gasteiger partial charge on any atom is -0.435 e. The van der Waals surface area contributed by atoms with E-state index in [0.717, 1.165) is 19.3 Å². The van der Waals surface area contributed by atoms with Crippen LogP contribution in [0.1, 0.15) is 129 Å². The van der Waals surface area contributed by atoms with E-state index in [2.05, 4.69) is 13.8 Å². The second kappa shape index (κ2) is 21.3. The molecule has 0 radical (unpaired) electrons. The van der Waals surface area contributed by atoms with E-state index in [1.165, 1.54) is 89.9 Å². The lowest BCUT2D eigenvalue weighted by Gasteiger charge is -2.02. The van der Waals surface area contributed by atoms with Crippen molar-refractivity contribution >= 4 is 5.97 Å². The zero-order valence-corrected chi connectivity index (χ0v) is 17.2. The average molecular weight is 353 g/mol. The van der Waals surface area contributed by atoms with Gasteiger partial charge in [0.05, 0.1) is 6.26 Å². The number of hydrogen-bond acceptors (Lipinski definition) is 2. The Morgan fingerprint density at radius 3 is 1.60 bits per heavy atom. The number of carbonyl (C=O) groups excluding carboxylic acids is 1. The molecule has 0 fully saturated rings. The van der Waals surface area contributed by atoms with Crippen LogP contribution in [0, 0.1) is 0 Å². The number of hydrogen-bond donors (Lipinski definition) is 0. The van der Waals surface area contributed by atoms with Gasteiger partial charge < -0.3 is 4.74 Å². The fourth-order valence-corrected chi connectivity index (χ4v) is 3.05. The molecule has 0 saturated carbocycles. The Bertz CT molecular complexity index is 296. The molecule has 148 valence electrons. The highest BCUT2D eigenvalue weighted by atomic mass is 16.5. The summed E-state index contributed by atoms with van der Waals surface area (Å²) in [4.78, 5) is 11.6. The van der Waals surface area contributed by atoms with Crippen molar-refractivity contribution in [2.24, 2.45) is 0 Å². The third-order valence-corrected chi connectivity index (χ3v) is 4.75. The van der Waals surface area contributed by atoms with Crippen molar-refractivity contribution in [3.63, 3.8) is 0 Å². The van der Waals surface area contributed by atoms with Crippen molar-refractivity contribution in [2.75, 3.05) is 0 Å². The van der Waals surface area contributed by atoms with Crippen LogP contribution in [0.2, 0.25) is 0 Å². The number of ether oxygens (including phenoxy) is 1. The number of carbonyl (C=O) groups is 1. The molecule has 0 aromatic heterocycles. The molecule has 0 atom stereocenters. The van der Waals surface area contributed by atoms with Crippen LogP contribution in [0.3, 0.4) is 0 Å². The van der Waals surface area contributed by atoms with Crippen LogP contribution in [0.5, 0.6) is 0 Å². The summed E-state index contributed by atoms with van der Waals surface area (Å²) in [6.07, 6.45) is 26.0. The highest BCUT2D eigenvalue weighted by Gasteiger charge is 2.00. The molecule has 0 unspecified atom stereocenters. The Labute approximate surface area is 157 Å². The maximum atomic E-state index is 11.6. The van der Waals surface area contributed by atoms with Crippen LogP contribution in [0.15, 0.2) is 12.3 Å². The van der Waals surface area contributed by atoms with Gasteiger partial charge in [0.1, 0.15) is 0 Å². The Hall–Kier alpha value is -0.790. The van der Waals surface area contributed by atoms with Crippen LogP contribution >= 0.6 is 0 Å². The van der Waals surface area contributed by atoms with E-state index in [4.69, 9.17) is 4.74 Å². The largest absolute Gasteiger partial charge is 0.435 e. The normalized spacial score (nSPS) is 11.3. The van der Waals surface area contributed by atoms with Gasteiger partial charge in [-0.2, -0.15) is 0 Å². The van der Waals surface area contributed by atoms with Crippen molar-refractivity contribution in [2.45, 2.75) is 129 Å². The van der Waals surface area contributed by atoms with Gasteiger partial charge in [0, 0.05) is 6.42 Å². The fourth-order valence-electron chi connectivity index (χ4n) is 3.05. The van der Waals surface area contributed by atoms with E-state index < -0.39 is 0 Å². The summed E-state index contributed by atoms with van der Waals surface area (Å²) in [6.45, 7) is 4.50. The summed E-state index contributed by atoms with van der Waals surface area (Å²) in [7, 11) is 0. The molecule has 0 bridgehead atoms. The smallest absolute Gasteiger partial charge is 0.310 e. The minimum atomic E-state index is -0.0712. The van der Waals surface area contributed by atoms with Gasteiger partial charge in [-0.15, -0.1) is 0 Å². The van der Waals surface area contributed by atoms with Crippen LogP contribution in [0.4, 0.5) is 0 Å². The lowest BCUT2D eigenvalue weighted by Crippen LogP contribution is -1.98. The number of rotatable bonds is 19. The van der Waals surface area contributed by atoms with Crippen molar-refractivity contribution < 1.29 is 9.53 Å². The molecule has 25 heavy (non-hydrogen) atoms. The molecular weight excluding hydrogens is 308 g/mol. The van der Waals surface area contributed by atoms with Crippen molar-refractivity contribution in [3.05, 3.63) is 12.3 Å². The topological polar surface area (TPSA) is 26.3 Å². The molecule has 0 saturated heterocycles. The standard InChI is InChI=1S/C23H44O2/c1-3-5-7-9-11-13-14-16-18-20-22-25-23(24)21-19-17-15-12-10-8-6-4-2/h20,22H,3-19,21H2,1-2H3. The van der Waals surface area contributed by atoms with Gasteiger partial charge in [-0.25, -0.2) is 0 Å². The first-order chi connectivity index (χ1) is 12.3. The summed E-state index contributed by atoms with van der Waals surface area (Å²) >= 11 is 0. The van der Waals surface area contributed by atoms with Crippen molar-refractivity contribution in [1.29, 1.82) is 0 Å². The molecule has 0 aliphatic carbocycles. The lowest BCUT2D eigenvalue weighted by atomic mass is 10.1. The molecule has 0 aromatic rings. The summed E-state index contributed by atoms with van der Waals surface area (Å²) in [5.41, 5.74) is 0. The maximum Gasteiger partial charge on any atom is 0.310 e. The van der Waals surface area contributed by atoms with Gasteiger partial charge in [-0.3, -0.25) is 4.79 Å². The molecule has 0 aliphatic rings. The van der Waals surface area contributed by atoms with E-state index in [0.29, 0.717) is 6.42 Å². The predicted octanol–water partition coefficient (Wildman–Crippen LogP) is 8.10. The second-order valence-corrected chi connectivity index (χ2v) is 7.35. The van der Waals surface area contributed by atoms with Gasteiger partial charge >= 0.3 is 5.97 Å². The van der Waals surface area contributed by atoms with Crippen LogP contribution in [-0.4, -0.2) is 5.97 Å². The first kappa shape index (κ1) is 24.2. The molecule has 2 nitrogen and oxygen atoms in total. The maximum absolute atomic E-state index is 11.6. The molecule has 0 rings (SSSR count). The summed E-state index contributed by atoms with van der Waals surface area (Å²) in [6, 6.07) is 0. The van der Waals surface area contributed by atoms with Crippen molar-refractivity contribution in [3.8, 4) is 0 Å². The molecule has 2 heteroatoms. The zero-order chi connectivity index (χ0) is 18.4. The van der Waals surface area contributed by atoms with Gasteiger partial charge in [0.2, 0.25) is 0 Å². The predicted molar refractivity (Wildman–Crippen MR) is 110 cm³/mol. The highest BCUT2D eigenvalue weighted by molar-refractivity contribution is 5.69. The monoisotopic (exact) mass is 352 g/mol. The fraction of sp³-hybridized carbons (Fsp3) is 0.870. The number of esters is 1. The van der Waals surface area contributed by atoms with E-state index in [9.17, 15) is 4.79 Å². The molecule has 0 spiro atoms. The molecule has 0 aliphatic heterocycles. The van der Waals surface area contributed by atoms with Crippen LogP contribution < -0.4 is 0 Å². The Morgan fingerprint density at radius 1 is 0.640 bits per heavy atom. The third kappa shape index (κ3) is 21.2. The van der Waals surface area contributed by atoms with Crippen LogP contribution in [-0.2, 0) is 9.53 Å². The van der Waals surface area contributed by atoms with Crippen LogP contribution in [0.25, 0.3) is 0 Å². The Morgan fingerprint density at radius 2 is 1.08 bits per heavy atom. The molecule has 0 amide bonds. The average Bonchev–Trinajstić information content (AvgIpc) is 2.62. The number of unbranched alkanes of at least 4 members (excludes halogenated alkanes) is 15. The molecule has 0 heterocycles. The number of allylic oxidation sites excluding steroid dienone is 1.